The Bertz CT molecular complexity index is 828. The maximum atomic E-state index is 12.3. The summed E-state index contributed by atoms with van der Waals surface area (Å²) < 4.78 is 0. The number of anilines is 2. The van der Waals surface area contributed by atoms with Crippen molar-refractivity contribution < 1.29 is 4.79 Å². The van der Waals surface area contributed by atoms with Gasteiger partial charge in [-0.3, -0.25) is 4.79 Å². The number of ketones is 1. The molecule has 26 heavy (non-hydrogen) atoms. The van der Waals surface area contributed by atoms with Crippen molar-refractivity contribution in [2.45, 2.75) is 26.7 Å². The number of carbonyl (C=O) groups is 1. The van der Waals surface area contributed by atoms with E-state index in [0.717, 1.165) is 60.5 Å². The number of aryl methyl sites for hydroxylation is 1. The Hall–Kier alpha value is -2.14. The molecule has 2 aromatic rings. The van der Waals surface area contributed by atoms with Crippen molar-refractivity contribution in [2.24, 2.45) is 5.92 Å². The normalized spacial score (nSPS) is 20.3. The van der Waals surface area contributed by atoms with E-state index in [1.54, 1.807) is 0 Å². The Balaban J connectivity index is 1.51. The zero-order chi connectivity index (χ0) is 18.3. The lowest BCUT2D eigenvalue weighted by Gasteiger charge is -2.36. The highest BCUT2D eigenvalue weighted by Gasteiger charge is 2.28. The Kier molecular flexibility index (Phi) is 4.57. The van der Waals surface area contributed by atoms with Gasteiger partial charge in [0.1, 0.15) is 0 Å². The van der Waals surface area contributed by atoms with Gasteiger partial charge in [0.2, 0.25) is 5.95 Å². The van der Waals surface area contributed by atoms with Crippen molar-refractivity contribution in [3.63, 3.8) is 0 Å². The first-order valence-electron chi connectivity index (χ1n) is 9.17. The fourth-order valence-corrected chi connectivity index (χ4v) is 4.03. The Labute approximate surface area is 159 Å². The number of piperazine rings is 1. The molecule has 2 aliphatic rings. The van der Waals surface area contributed by atoms with Crippen molar-refractivity contribution >= 4 is 29.0 Å². The van der Waals surface area contributed by atoms with Crippen LogP contribution in [0.1, 0.15) is 35.1 Å². The monoisotopic (exact) mass is 370 g/mol. The number of fused-ring (bicyclic) bond motifs is 1. The van der Waals surface area contributed by atoms with Crippen molar-refractivity contribution in [1.29, 1.82) is 0 Å². The lowest BCUT2D eigenvalue weighted by molar-refractivity contribution is 0.0951. The molecule has 1 aromatic heterocycles. The SMILES string of the molecule is Cc1nc(N2CCN(c3ccc(Cl)cc3)CC2)nc2c1C(=O)C[C@H](C)C2. The van der Waals surface area contributed by atoms with E-state index in [4.69, 9.17) is 16.6 Å². The van der Waals surface area contributed by atoms with Crippen LogP contribution in [0, 0.1) is 12.8 Å². The number of nitrogens with zero attached hydrogens (tertiary/aromatic N) is 4. The zero-order valence-electron chi connectivity index (χ0n) is 15.2. The minimum Gasteiger partial charge on any atom is -0.368 e. The summed E-state index contributed by atoms with van der Waals surface area (Å²) in [5.74, 6) is 1.31. The Morgan fingerprint density at radius 2 is 1.65 bits per heavy atom. The van der Waals surface area contributed by atoms with E-state index < -0.39 is 0 Å². The molecule has 1 aliphatic heterocycles. The second-order valence-corrected chi connectivity index (χ2v) is 7.75. The van der Waals surface area contributed by atoms with E-state index in [9.17, 15) is 4.79 Å². The molecule has 1 fully saturated rings. The molecule has 0 spiro atoms. The molecule has 6 heteroatoms. The summed E-state index contributed by atoms with van der Waals surface area (Å²) in [5.41, 5.74) is 3.70. The number of hydrogen-bond acceptors (Lipinski definition) is 5. The summed E-state index contributed by atoms with van der Waals surface area (Å²) >= 11 is 5.98. The molecule has 2 heterocycles. The number of aromatic nitrogens is 2. The first kappa shape index (κ1) is 17.3. The predicted octanol–water partition coefficient (Wildman–Crippen LogP) is 3.53. The van der Waals surface area contributed by atoms with Gasteiger partial charge in [0.25, 0.3) is 0 Å². The predicted molar refractivity (Wildman–Crippen MR) is 104 cm³/mol. The van der Waals surface area contributed by atoms with Crippen LogP contribution in [0.4, 0.5) is 11.6 Å². The molecule has 1 aromatic carbocycles. The third-order valence-electron chi connectivity index (χ3n) is 5.26. The third kappa shape index (κ3) is 3.28. The molecule has 1 atom stereocenters. The number of rotatable bonds is 2. The van der Waals surface area contributed by atoms with Crippen molar-refractivity contribution in [3.8, 4) is 0 Å². The lowest BCUT2D eigenvalue weighted by atomic mass is 9.86. The van der Waals surface area contributed by atoms with Crippen molar-refractivity contribution in [3.05, 3.63) is 46.2 Å². The second kappa shape index (κ2) is 6.88. The molecule has 4 rings (SSSR count). The molecule has 136 valence electrons. The quantitative estimate of drug-likeness (QED) is 0.809. The summed E-state index contributed by atoms with van der Waals surface area (Å²) in [5, 5.41) is 0.758. The van der Waals surface area contributed by atoms with E-state index in [1.165, 1.54) is 5.69 Å². The van der Waals surface area contributed by atoms with Crippen LogP contribution in [0.3, 0.4) is 0 Å². The van der Waals surface area contributed by atoms with Gasteiger partial charge in [-0.05, 0) is 43.5 Å². The van der Waals surface area contributed by atoms with Gasteiger partial charge >= 0.3 is 0 Å². The standard InChI is InChI=1S/C20H23ClN4O/c1-13-11-17-19(18(26)12-13)14(2)22-20(23-17)25-9-7-24(8-10-25)16-5-3-15(21)4-6-16/h3-6,13H,7-12H2,1-2H3/t13-/m1/s1. The first-order valence-corrected chi connectivity index (χ1v) is 9.55. The minimum atomic E-state index is 0.190. The number of hydrogen-bond donors (Lipinski definition) is 0. The molecular formula is C20H23ClN4O. The summed E-state index contributed by atoms with van der Waals surface area (Å²) in [6, 6.07) is 7.98. The first-order chi connectivity index (χ1) is 12.5. The molecule has 0 unspecified atom stereocenters. The molecule has 1 aliphatic carbocycles. The van der Waals surface area contributed by atoms with E-state index in [2.05, 4.69) is 33.8 Å². The fourth-order valence-electron chi connectivity index (χ4n) is 3.91. The van der Waals surface area contributed by atoms with Crippen LogP contribution in [0.5, 0.6) is 0 Å². The van der Waals surface area contributed by atoms with E-state index in [-0.39, 0.29) is 5.78 Å². The second-order valence-electron chi connectivity index (χ2n) is 7.32. The van der Waals surface area contributed by atoms with Crippen LogP contribution < -0.4 is 9.80 Å². The minimum absolute atomic E-state index is 0.190. The zero-order valence-corrected chi connectivity index (χ0v) is 16.0. The maximum absolute atomic E-state index is 12.3. The highest BCUT2D eigenvalue weighted by Crippen LogP contribution is 2.28. The van der Waals surface area contributed by atoms with Gasteiger partial charge in [0, 0.05) is 43.3 Å². The highest BCUT2D eigenvalue weighted by molar-refractivity contribution is 6.30. The molecule has 1 saturated heterocycles. The molecule has 0 amide bonds. The van der Waals surface area contributed by atoms with Crippen LogP contribution in [0.15, 0.2) is 24.3 Å². The fraction of sp³-hybridized carbons (Fsp3) is 0.450. The van der Waals surface area contributed by atoms with Gasteiger partial charge in [-0.2, -0.15) is 0 Å². The van der Waals surface area contributed by atoms with Crippen LogP contribution in [0.25, 0.3) is 0 Å². The molecule has 0 N–H and O–H groups in total. The van der Waals surface area contributed by atoms with Crippen LogP contribution in [-0.4, -0.2) is 41.9 Å². The van der Waals surface area contributed by atoms with Gasteiger partial charge in [-0.15, -0.1) is 0 Å². The topological polar surface area (TPSA) is 49.3 Å². The summed E-state index contributed by atoms with van der Waals surface area (Å²) in [4.78, 5) is 26.3. The van der Waals surface area contributed by atoms with Crippen molar-refractivity contribution in [1.82, 2.24) is 9.97 Å². The van der Waals surface area contributed by atoms with Crippen LogP contribution >= 0.6 is 11.6 Å². The molecular weight excluding hydrogens is 348 g/mol. The Morgan fingerprint density at radius 1 is 1.00 bits per heavy atom. The van der Waals surface area contributed by atoms with E-state index in [0.29, 0.717) is 12.3 Å². The molecule has 0 radical (unpaired) electrons. The van der Waals surface area contributed by atoms with Crippen molar-refractivity contribution in [2.75, 3.05) is 36.0 Å². The molecule has 0 saturated carbocycles. The van der Waals surface area contributed by atoms with Gasteiger partial charge < -0.3 is 9.80 Å². The average molecular weight is 371 g/mol. The van der Waals surface area contributed by atoms with Crippen LogP contribution in [0.2, 0.25) is 5.02 Å². The maximum Gasteiger partial charge on any atom is 0.225 e. The summed E-state index contributed by atoms with van der Waals surface area (Å²) in [6.07, 6.45) is 1.47. The highest BCUT2D eigenvalue weighted by atomic mass is 35.5. The molecule has 5 nitrogen and oxygen atoms in total. The Morgan fingerprint density at radius 3 is 2.35 bits per heavy atom. The third-order valence-corrected chi connectivity index (χ3v) is 5.51. The van der Waals surface area contributed by atoms with Gasteiger partial charge in [0.05, 0.1) is 17.0 Å². The van der Waals surface area contributed by atoms with Gasteiger partial charge in [-0.25, -0.2) is 9.97 Å². The van der Waals surface area contributed by atoms with Gasteiger partial charge in [0.15, 0.2) is 5.78 Å². The summed E-state index contributed by atoms with van der Waals surface area (Å²) in [7, 11) is 0. The number of halogens is 1. The number of carbonyl (C=O) groups excluding carboxylic acids is 1. The van der Waals surface area contributed by atoms with E-state index >= 15 is 0 Å². The lowest BCUT2D eigenvalue weighted by Crippen LogP contribution is -2.47. The number of benzene rings is 1. The van der Waals surface area contributed by atoms with Crippen LogP contribution in [-0.2, 0) is 6.42 Å². The number of Topliss-reactive ketones (excluding diaryl/α,β-unsaturated/α-hetero) is 1. The summed E-state index contributed by atoms with van der Waals surface area (Å²) in [6.45, 7) is 7.60. The average Bonchev–Trinajstić information content (AvgIpc) is 2.61. The molecule has 0 bridgehead atoms. The van der Waals surface area contributed by atoms with E-state index in [1.807, 2.05) is 19.1 Å². The largest absolute Gasteiger partial charge is 0.368 e. The van der Waals surface area contributed by atoms with Gasteiger partial charge in [-0.1, -0.05) is 18.5 Å². The smallest absolute Gasteiger partial charge is 0.225 e.